The molecule has 18 heavy (non-hydrogen) atoms. The van der Waals surface area contributed by atoms with Crippen LogP contribution in [0.25, 0.3) is 0 Å². The molecule has 0 unspecified atom stereocenters. The monoisotopic (exact) mass is 245 g/mol. The van der Waals surface area contributed by atoms with Gasteiger partial charge < -0.3 is 0 Å². The number of likely N-dealkylation sites (tertiary alicyclic amines) is 1. The van der Waals surface area contributed by atoms with E-state index in [-0.39, 0.29) is 11.5 Å². The fraction of sp³-hybridized carbons (Fsp3) is 0.562. The number of ketones is 1. The maximum atomic E-state index is 12.3. The lowest BCUT2D eigenvalue weighted by molar-refractivity contribution is 0.0675. The van der Waals surface area contributed by atoms with E-state index in [1.807, 2.05) is 30.3 Å². The van der Waals surface area contributed by atoms with Gasteiger partial charge in [0.25, 0.3) is 0 Å². The molecule has 0 saturated carbocycles. The van der Waals surface area contributed by atoms with Crippen molar-refractivity contribution in [2.24, 2.45) is 5.92 Å². The first-order chi connectivity index (χ1) is 8.48. The maximum Gasteiger partial charge on any atom is 0.166 e. The van der Waals surface area contributed by atoms with E-state index in [0.717, 1.165) is 31.5 Å². The predicted molar refractivity (Wildman–Crippen MR) is 74.8 cm³/mol. The lowest BCUT2D eigenvalue weighted by Crippen LogP contribution is -2.47. The number of hydrogen-bond acceptors (Lipinski definition) is 2. The van der Waals surface area contributed by atoms with E-state index >= 15 is 0 Å². The molecule has 0 aromatic heterocycles. The van der Waals surface area contributed by atoms with Crippen LogP contribution in [0.3, 0.4) is 0 Å². The van der Waals surface area contributed by atoms with Gasteiger partial charge in [-0.25, -0.2) is 0 Å². The lowest BCUT2D eigenvalue weighted by atomic mass is 9.87. The van der Waals surface area contributed by atoms with Crippen LogP contribution in [0.5, 0.6) is 0 Å². The van der Waals surface area contributed by atoms with Gasteiger partial charge >= 0.3 is 0 Å². The van der Waals surface area contributed by atoms with Crippen molar-refractivity contribution in [3.05, 3.63) is 35.9 Å². The molecule has 1 heterocycles. The summed E-state index contributed by atoms with van der Waals surface area (Å²) in [4.78, 5) is 14.8. The van der Waals surface area contributed by atoms with Gasteiger partial charge in [-0.05, 0) is 46.7 Å². The number of benzene rings is 1. The van der Waals surface area contributed by atoms with E-state index in [2.05, 4.69) is 25.7 Å². The summed E-state index contributed by atoms with van der Waals surface area (Å²) in [5, 5.41) is 0. The summed E-state index contributed by atoms with van der Waals surface area (Å²) < 4.78 is 0. The van der Waals surface area contributed by atoms with E-state index in [1.54, 1.807) is 0 Å². The quantitative estimate of drug-likeness (QED) is 0.744. The van der Waals surface area contributed by atoms with Crippen molar-refractivity contribution in [3.63, 3.8) is 0 Å². The fourth-order valence-electron chi connectivity index (χ4n) is 2.65. The minimum Gasteiger partial charge on any atom is -0.298 e. The average Bonchev–Trinajstić information content (AvgIpc) is 2.38. The van der Waals surface area contributed by atoms with Crippen molar-refractivity contribution in [3.8, 4) is 0 Å². The smallest absolute Gasteiger partial charge is 0.166 e. The van der Waals surface area contributed by atoms with Crippen molar-refractivity contribution >= 4 is 5.78 Å². The topological polar surface area (TPSA) is 20.3 Å². The van der Waals surface area contributed by atoms with Crippen LogP contribution in [-0.2, 0) is 0 Å². The summed E-state index contributed by atoms with van der Waals surface area (Å²) in [5.41, 5.74) is 1.09. The average molecular weight is 245 g/mol. The van der Waals surface area contributed by atoms with Crippen molar-refractivity contribution in [1.29, 1.82) is 0 Å². The van der Waals surface area contributed by atoms with E-state index in [1.165, 1.54) is 0 Å². The molecule has 0 atom stereocenters. The summed E-state index contributed by atoms with van der Waals surface area (Å²) in [6, 6.07) is 9.70. The number of carbonyl (C=O) groups excluding carboxylic acids is 1. The molecule has 0 aliphatic carbocycles. The molecule has 1 aliphatic heterocycles. The summed E-state index contributed by atoms with van der Waals surface area (Å²) in [6.45, 7) is 8.80. The molecule has 1 aromatic carbocycles. The Morgan fingerprint density at radius 1 is 1.11 bits per heavy atom. The second-order valence-electron chi connectivity index (χ2n) is 6.16. The Kier molecular flexibility index (Phi) is 3.86. The lowest BCUT2D eigenvalue weighted by Gasteiger charge is -2.40. The minimum atomic E-state index is 0.214. The number of nitrogens with zero attached hydrogens (tertiary/aromatic N) is 1. The molecule has 1 aromatic rings. The summed E-state index contributed by atoms with van der Waals surface area (Å²) in [7, 11) is 0. The highest BCUT2D eigenvalue weighted by Gasteiger charge is 2.30. The van der Waals surface area contributed by atoms with Gasteiger partial charge in [-0.15, -0.1) is 0 Å². The van der Waals surface area contributed by atoms with Crippen molar-refractivity contribution < 1.29 is 4.79 Å². The van der Waals surface area contributed by atoms with Crippen LogP contribution < -0.4 is 0 Å². The Hall–Kier alpha value is -1.15. The van der Waals surface area contributed by atoms with Gasteiger partial charge in [0.2, 0.25) is 0 Å². The normalized spacial score (nSPS) is 18.8. The summed E-state index contributed by atoms with van der Waals surface area (Å²) in [6.07, 6.45) is 1.98. The molecule has 1 saturated heterocycles. The molecular formula is C16H23NO. The molecule has 0 spiro atoms. The molecule has 1 fully saturated rings. The van der Waals surface area contributed by atoms with Crippen LogP contribution in [0.15, 0.2) is 30.3 Å². The van der Waals surface area contributed by atoms with Gasteiger partial charge in [-0.2, -0.15) is 0 Å². The van der Waals surface area contributed by atoms with E-state index in [9.17, 15) is 4.79 Å². The highest BCUT2D eigenvalue weighted by atomic mass is 16.1. The van der Waals surface area contributed by atoms with Gasteiger partial charge in [0.05, 0.1) is 0 Å². The molecule has 2 nitrogen and oxygen atoms in total. The Labute approximate surface area is 110 Å². The molecule has 0 amide bonds. The zero-order valence-electron chi connectivity index (χ0n) is 11.6. The summed E-state index contributed by atoms with van der Waals surface area (Å²) in [5.74, 6) is 0.537. The highest BCUT2D eigenvalue weighted by Crippen LogP contribution is 2.26. The third-order valence-electron chi connectivity index (χ3n) is 3.87. The van der Waals surface area contributed by atoms with Gasteiger partial charge in [0, 0.05) is 17.0 Å². The van der Waals surface area contributed by atoms with E-state index in [0.29, 0.717) is 5.78 Å². The molecule has 1 aliphatic rings. The Morgan fingerprint density at radius 2 is 1.67 bits per heavy atom. The first kappa shape index (κ1) is 13.3. The van der Waals surface area contributed by atoms with Gasteiger partial charge in [0.15, 0.2) is 5.78 Å². The highest BCUT2D eigenvalue weighted by molar-refractivity contribution is 5.97. The predicted octanol–water partition coefficient (Wildman–Crippen LogP) is 3.38. The van der Waals surface area contributed by atoms with Crippen LogP contribution in [0, 0.1) is 5.92 Å². The van der Waals surface area contributed by atoms with Crippen molar-refractivity contribution in [1.82, 2.24) is 4.90 Å². The number of hydrogen-bond donors (Lipinski definition) is 0. The molecule has 2 rings (SSSR count). The van der Waals surface area contributed by atoms with Crippen LogP contribution in [0.4, 0.5) is 0 Å². The minimum absolute atomic E-state index is 0.214. The summed E-state index contributed by atoms with van der Waals surface area (Å²) >= 11 is 0. The van der Waals surface area contributed by atoms with E-state index < -0.39 is 0 Å². The van der Waals surface area contributed by atoms with Crippen LogP contribution in [0.2, 0.25) is 0 Å². The Balaban J connectivity index is 1.96. The second kappa shape index (κ2) is 5.23. The number of carbonyl (C=O) groups is 1. The fourth-order valence-corrected chi connectivity index (χ4v) is 2.65. The molecule has 0 N–H and O–H groups in total. The Bertz CT molecular complexity index is 397. The number of piperidine rings is 1. The zero-order valence-corrected chi connectivity index (χ0v) is 11.6. The Morgan fingerprint density at radius 3 is 2.17 bits per heavy atom. The first-order valence-corrected chi connectivity index (χ1v) is 6.83. The standard InChI is InChI=1S/C16H23NO/c1-16(2,3)17-11-9-14(10-12-17)15(18)13-7-5-4-6-8-13/h4-8,14H,9-12H2,1-3H3. The molecule has 98 valence electrons. The van der Waals surface area contributed by atoms with Crippen LogP contribution >= 0.6 is 0 Å². The maximum absolute atomic E-state index is 12.3. The number of rotatable bonds is 2. The molecular weight excluding hydrogens is 222 g/mol. The van der Waals surface area contributed by atoms with Gasteiger partial charge in [-0.3, -0.25) is 9.69 Å². The van der Waals surface area contributed by atoms with Crippen molar-refractivity contribution in [2.45, 2.75) is 39.2 Å². The zero-order chi connectivity index (χ0) is 13.2. The van der Waals surface area contributed by atoms with Gasteiger partial charge in [-0.1, -0.05) is 30.3 Å². The SMILES string of the molecule is CC(C)(C)N1CCC(C(=O)c2ccccc2)CC1. The van der Waals surface area contributed by atoms with Crippen LogP contribution in [0.1, 0.15) is 44.0 Å². The molecule has 0 radical (unpaired) electrons. The molecule has 0 bridgehead atoms. The number of Topliss-reactive ketones (excluding diaryl/α,β-unsaturated/α-hetero) is 1. The first-order valence-electron chi connectivity index (χ1n) is 6.83. The largest absolute Gasteiger partial charge is 0.298 e. The second-order valence-corrected chi connectivity index (χ2v) is 6.16. The van der Waals surface area contributed by atoms with Crippen LogP contribution in [-0.4, -0.2) is 29.3 Å². The van der Waals surface area contributed by atoms with E-state index in [4.69, 9.17) is 0 Å². The third-order valence-corrected chi connectivity index (χ3v) is 3.87. The molecule has 2 heteroatoms. The van der Waals surface area contributed by atoms with Crippen molar-refractivity contribution in [2.75, 3.05) is 13.1 Å². The third kappa shape index (κ3) is 2.99. The van der Waals surface area contributed by atoms with Gasteiger partial charge in [0.1, 0.15) is 0 Å².